The largest absolute Gasteiger partial charge is 0.354 e. The minimum atomic E-state index is -4.24. The van der Waals surface area contributed by atoms with Crippen LogP contribution in [-0.2, 0) is 32.6 Å². The number of hydrogen-bond donors (Lipinski definition) is 1. The number of hydrogen-bond acceptors (Lipinski definition) is 4. The molecule has 0 aromatic heterocycles. The standard InChI is InChI=1S/C35H36Cl3N3O4S/c1-3-4-20-39-35(43)33(21-26-8-6-5-7-9-26)40(23-27-12-13-29(37)22-32(27)38)34(42)24-41(30-16-10-25(2)11-17-30)46(44,45)31-18-14-28(36)15-19-31/h5-19,22,33H,3-4,20-21,23-24H2,1-2H3,(H,39,43). The van der Waals surface area contributed by atoms with Crippen LogP contribution >= 0.6 is 34.8 Å². The normalized spacial score (nSPS) is 11.9. The highest BCUT2D eigenvalue weighted by Gasteiger charge is 2.35. The molecule has 11 heteroatoms. The van der Waals surface area contributed by atoms with E-state index in [-0.39, 0.29) is 23.8 Å². The lowest BCUT2D eigenvalue weighted by Crippen LogP contribution is -2.53. The number of anilines is 1. The van der Waals surface area contributed by atoms with Crippen LogP contribution in [-0.4, -0.2) is 44.3 Å². The Hall–Kier alpha value is -3.56. The SMILES string of the molecule is CCCCNC(=O)C(Cc1ccccc1)N(Cc1ccc(Cl)cc1Cl)C(=O)CN(c1ccc(C)cc1)S(=O)(=O)c1ccc(Cl)cc1. The first-order valence-electron chi connectivity index (χ1n) is 14.9. The summed E-state index contributed by atoms with van der Waals surface area (Å²) in [6.07, 6.45) is 1.84. The molecule has 1 unspecified atom stereocenters. The van der Waals surface area contributed by atoms with Gasteiger partial charge in [-0.3, -0.25) is 13.9 Å². The van der Waals surface area contributed by atoms with Gasteiger partial charge in [0.15, 0.2) is 0 Å². The molecular weight excluding hydrogens is 665 g/mol. The van der Waals surface area contributed by atoms with Gasteiger partial charge in [0.05, 0.1) is 10.6 Å². The van der Waals surface area contributed by atoms with E-state index in [1.807, 2.05) is 44.2 Å². The van der Waals surface area contributed by atoms with Gasteiger partial charge >= 0.3 is 0 Å². The molecule has 0 saturated carbocycles. The Bertz CT molecular complexity index is 1740. The Morgan fingerprint density at radius 3 is 2.13 bits per heavy atom. The van der Waals surface area contributed by atoms with Gasteiger partial charge in [0.25, 0.3) is 10.0 Å². The number of nitrogens with zero attached hydrogens (tertiary/aromatic N) is 2. The van der Waals surface area contributed by atoms with Crippen molar-refractivity contribution in [3.63, 3.8) is 0 Å². The van der Waals surface area contributed by atoms with Crippen LogP contribution in [0.2, 0.25) is 15.1 Å². The van der Waals surface area contributed by atoms with Crippen LogP contribution in [0.3, 0.4) is 0 Å². The predicted octanol–water partition coefficient (Wildman–Crippen LogP) is 7.71. The van der Waals surface area contributed by atoms with E-state index in [0.29, 0.717) is 32.9 Å². The highest BCUT2D eigenvalue weighted by molar-refractivity contribution is 7.92. The number of halogens is 3. The number of benzene rings is 4. The van der Waals surface area contributed by atoms with Crippen molar-refractivity contribution in [1.82, 2.24) is 10.2 Å². The molecule has 0 bridgehead atoms. The summed E-state index contributed by atoms with van der Waals surface area (Å²) in [5.41, 5.74) is 2.61. The maximum atomic E-state index is 14.5. The third-order valence-corrected chi connectivity index (χ3v) is 10.1. The first-order valence-corrected chi connectivity index (χ1v) is 17.5. The highest BCUT2D eigenvalue weighted by Crippen LogP contribution is 2.28. The first-order chi connectivity index (χ1) is 22.0. The molecule has 0 aliphatic carbocycles. The second kappa shape index (κ2) is 16.3. The molecule has 7 nitrogen and oxygen atoms in total. The summed E-state index contributed by atoms with van der Waals surface area (Å²) in [6.45, 7) is 3.70. The minimum absolute atomic E-state index is 0.0317. The molecule has 0 spiro atoms. The second-order valence-corrected chi connectivity index (χ2v) is 14.1. The van der Waals surface area contributed by atoms with Crippen LogP contribution in [0, 0.1) is 6.92 Å². The fourth-order valence-corrected chi connectivity index (χ4v) is 6.88. The van der Waals surface area contributed by atoms with Gasteiger partial charge in [-0.05, 0) is 73.0 Å². The molecule has 4 aromatic rings. The molecule has 0 fully saturated rings. The third kappa shape index (κ3) is 9.26. The van der Waals surface area contributed by atoms with Gasteiger partial charge in [-0.1, -0.05) is 102 Å². The maximum Gasteiger partial charge on any atom is 0.264 e. The van der Waals surface area contributed by atoms with Gasteiger partial charge in [-0.25, -0.2) is 8.42 Å². The summed E-state index contributed by atoms with van der Waals surface area (Å²) in [6, 6.07) is 25.9. The van der Waals surface area contributed by atoms with E-state index in [1.54, 1.807) is 42.5 Å². The van der Waals surface area contributed by atoms with Crippen LogP contribution in [0.15, 0.2) is 102 Å². The average Bonchev–Trinajstić information content (AvgIpc) is 3.03. The number of nitrogens with one attached hydrogen (secondary N) is 1. The molecule has 0 aliphatic rings. The number of carbonyl (C=O) groups excluding carboxylic acids is 2. The molecule has 4 rings (SSSR count). The maximum absolute atomic E-state index is 14.5. The quantitative estimate of drug-likeness (QED) is 0.137. The van der Waals surface area contributed by atoms with Gasteiger partial charge in [0, 0.05) is 34.6 Å². The van der Waals surface area contributed by atoms with E-state index in [2.05, 4.69) is 5.32 Å². The number of unbranched alkanes of at least 4 members (excludes halogenated alkanes) is 1. The molecule has 1 N–H and O–H groups in total. The summed E-state index contributed by atoms with van der Waals surface area (Å²) < 4.78 is 29.3. The fourth-order valence-electron chi connectivity index (χ4n) is 4.87. The number of rotatable bonds is 14. The van der Waals surface area contributed by atoms with E-state index in [1.165, 1.54) is 29.2 Å². The van der Waals surface area contributed by atoms with Crippen LogP contribution in [0.4, 0.5) is 5.69 Å². The molecule has 46 heavy (non-hydrogen) atoms. The molecule has 1 atom stereocenters. The number of sulfonamides is 1. The average molecular weight is 701 g/mol. The van der Waals surface area contributed by atoms with Crippen molar-refractivity contribution in [3.05, 3.63) is 129 Å². The molecule has 0 aliphatic heterocycles. The summed E-state index contributed by atoms with van der Waals surface area (Å²) in [5.74, 6) is -0.936. The monoisotopic (exact) mass is 699 g/mol. The van der Waals surface area contributed by atoms with Crippen molar-refractivity contribution >= 4 is 62.3 Å². The van der Waals surface area contributed by atoms with E-state index < -0.39 is 28.5 Å². The Balaban J connectivity index is 1.80. The van der Waals surface area contributed by atoms with Gasteiger partial charge in [0.1, 0.15) is 12.6 Å². The zero-order valence-corrected chi connectivity index (χ0v) is 28.7. The van der Waals surface area contributed by atoms with Crippen molar-refractivity contribution < 1.29 is 18.0 Å². The minimum Gasteiger partial charge on any atom is -0.354 e. The highest BCUT2D eigenvalue weighted by atomic mass is 35.5. The van der Waals surface area contributed by atoms with Gasteiger partial charge < -0.3 is 10.2 Å². The van der Waals surface area contributed by atoms with E-state index in [4.69, 9.17) is 34.8 Å². The van der Waals surface area contributed by atoms with Crippen molar-refractivity contribution in [2.24, 2.45) is 0 Å². The van der Waals surface area contributed by atoms with Crippen molar-refractivity contribution in [3.8, 4) is 0 Å². The first kappa shape index (κ1) is 35.3. The summed E-state index contributed by atoms with van der Waals surface area (Å²) in [7, 11) is -4.24. The molecular formula is C35H36Cl3N3O4S. The molecule has 242 valence electrons. The molecule has 0 heterocycles. The lowest BCUT2D eigenvalue weighted by molar-refractivity contribution is -0.140. The molecule has 0 saturated heterocycles. The number of carbonyl (C=O) groups is 2. The Labute approximate surface area is 286 Å². The Kier molecular flexibility index (Phi) is 12.5. The van der Waals surface area contributed by atoms with E-state index >= 15 is 0 Å². The van der Waals surface area contributed by atoms with Crippen molar-refractivity contribution in [2.45, 2.75) is 50.6 Å². The van der Waals surface area contributed by atoms with E-state index in [0.717, 1.165) is 28.3 Å². The molecule has 0 radical (unpaired) electrons. The second-order valence-electron chi connectivity index (χ2n) is 10.9. The zero-order valence-electron chi connectivity index (χ0n) is 25.6. The summed E-state index contributed by atoms with van der Waals surface area (Å²) in [5, 5.41) is 4.09. The van der Waals surface area contributed by atoms with Gasteiger partial charge in [-0.2, -0.15) is 0 Å². The lowest BCUT2D eigenvalue weighted by atomic mass is 10.0. The predicted molar refractivity (Wildman–Crippen MR) is 186 cm³/mol. The zero-order chi connectivity index (χ0) is 33.3. The third-order valence-electron chi connectivity index (χ3n) is 7.46. The summed E-state index contributed by atoms with van der Waals surface area (Å²) >= 11 is 18.8. The van der Waals surface area contributed by atoms with Crippen LogP contribution in [0.25, 0.3) is 0 Å². The Morgan fingerprint density at radius 1 is 0.848 bits per heavy atom. The van der Waals surface area contributed by atoms with Crippen LogP contribution in [0.5, 0.6) is 0 Å². The smallest absolute Gasteiger partial charge is 0.264 e. The topological polar surface area (TPSA) is 86.8 Å². The molecule has 2 amide bonds. The van der Waals surface area contributed by atoms with E-state index in [9.17, 15) is 18.0 Å². The van der Waals surface area contributed by atoms with Crippen LogP contribution in [0.1, 0.15) is 36.5 Å². The van der Waals surface area contributed by atoms with Crippen LogP contribution < -0.4 is 9.62 Å². The van der Waals surface area contributed by atoms with Crippen molar-refractivity contribution in [2.75, 3.05) is 17.4 Å². The Morgan fingerprint density at radius 2 is 1.50 bits per heavy atom. The van der Waals surface area contributed by atoms with Gasteiger partial charge in [0.2, 0.25) is 11.8 Å². The molecule has 4 aromatic carbocycles. The van der Waals surface area contributed by atoms with Gasteiger partial charge in [-0.15, -0.1) is 0 Å². The summed E-state index contributed by atoms with van der Waals surface area (Å²) in [4.78, 5) is 29.7. The van der Waals surface area contributed by atoms with Crippen molar-refractivity contribution in [1.29, 1.82) is 0 Å². The number of aryl methyl sites for hydroxylation is 1. The fraction of sp³-hybridized carbons (Fsp3) is 0.257. The lowest BCUT2D eigenvalue weighted by Gasteiger charge is -2.34. The number of amides is 2.